The molecule has 5 nitrogen and oxygen atoms in total. The molecule has 2 aromatic heterocycles. The second kappa shape index (κ2) is 4.20. The van der Waals surface area contributed by atoms with E-state index < -0.39 is 0 Å². The van der Waals surface area contributed by atoms with Crippen molar-refractivity contribution < 1.29 is 5.11 Å². The van der Waals surface area contributed by atoms with Crippen LogP contribution in [0.3, 0.4) is 0 Å². The molecule has 1 N–H and O–H groups in total. The molecule has 0 unspecified atom stereocenters. The molecule has 0 radical (unpaired) electrons. The highest BCUT2D eigenvalue weighted by Gasteiger charge is 2.16. The van der Waals surface area contributed by atoms with E-state index in [1.807, 2.05) is 38.1 Å². The second-order valence-corrected chi connectivity index (χ2v) is 4.83. The van der Waals surface area contributed by atoms with Crippen molar-refractivity contribution in [3.05, 3.63) is 46.6 Å². The number of hydrogen-bond acceptors (Lipinski definition) is 3. The van der Waals surface area contributed by atoms with E-state index in [1.165, 1.54) is 0 Å². The summed E-state index contributed by atoms with van der Waals surface area (Å²) in [4.78, 5) is 16.7. The molecule has 0 aliphatic rings. The molecule has 0 aliphatic heterocycles. The Labute approximate surface area is 109 Å². The Morgan fingerprint density at radius 1 is 1.26 bits per heavy atom. The highest BCUT2D eigenvalue weighted by atomic mass is 16.3. The summed E-state index contributed by atoms with van der Waals surface area (Å²) < 4.78 is 3.49. The molecule has 0 fully saturated rings. The number of benzene rings is 1. The van der Waals surface area contributed by atoms with Gasteiger partial charge in [-0.3, -0.25) is 9.20 Å². The van der Waals surface area contributed by atoms with E-state index in [0.29, 0.717) is 11.2 Å². The summed E-state index contributed by atoms with van der Waals surface area (Å²) in [5.74, 6) is 0. The van der Waals surface area contributed by atoms with Crippen molar-refractivity contribution in [2.75, 3.05) is 0 Å². The van der Waals surface area contributed by atoms with Crippen LogP contribution in [-0.4, -0.2) is 19.1 Å². The van der Waals surface area contributed by atoms with Crippen molar-refractivity contribution in [1.82, 2.24) is 14.0 Å². The molecule has 0 spiro atoms. The molecule has 0 amide bonds. The maximum atomic E-state index is 12.6. The molecule has 0 aliphatic carbocycles. The summed E-state index contributed by atoms with van der Waals surface area (Å²) in [6, 6.07) is 7.76. The van der Waals surface area contributed by atoms with Crippen LogP contribution in [0.4, 0.5) is 0 Å². The van der Waals surface area contributed by atoms with Gasteiger partial charge in [0.25, 0.3) is 5.56 Å². The first-order valence-corrected chi connectivity index (χ1v) is 6.25. The lowest BCUT2D eigenvalue weighted by molar-refractivity contribution is 0.279. The number of fused-ring (bicyclic) bond motifs is 3. The van der Waals surface area contributed by atoms with Crippen molar-refractivity contribution in [3.8, 4) is 0 Å². The maximum Gasteiger partial charge on any atom is 0.277 e. The zero-order valence-corrected chi connectivity index (χ0v) is 10.9. The fourth-order valence-electron chi connectivity index (χ4n) is 2.52. The number of aromatic nitrogens is 3. The Balaban J connectivity index is 2.63. The van der Waals surface area contributed by atoms with Gasteiger partial charge in [0.05, 0.1) is 23.3 Å². The van der Waals surface area contributed by atoms with Gasteiger partial charge in [-0.15, -0.1) is 0 Å². The normalized spacial score (nSPS) is 11.8. The topological polar surface area (TPSA) is 59.5 Å². The molecular formula is C14H15N3O2. The van der Waals surface area contributed by atoms with Crippen LogP contribution in [0.5, 0.6) is 0 Å². The first-order chi connectivity index (χ1) is 9.15. The lowest BCUT2D eigenvalue weighted by Crippen LogP contribution is -2.25. The first-order valence-electron chi connectivity index (χ1n) is 6.25. The summed E-state index contributed by atoms with van der Waals surface area (Å²) >= 11 is 0. The van der Waals surface area contributed by atoms with Gasteiger partial charge in [-0.2, -0.15) is 0 Å². The Bertz CT molecular complexity index is 815. The van der Waals surface area contributed by atoms with E-state index in [9.17, 15) is 9.90 Å². The predicted octanol–water partition coefficient (Wildman–Crippen LogP) is 1.72. The van der Waals surface area contributed by atoms with E-state index in [0.717, 1.165) is 11.0 Å². The van der Waals surface area contributed by atoms with E-state index in [2.05, 4.69) is 4.98 Å². The average molecular weight is 257 g/mol. The molecular weight excluding hydrogens is 242 g/mol. The molecule has 3 aromatic rings. The molecule has 2 heterocycles. The summed E-state index contributed by atoms with van der Waals surface area (Å²) in [5, 5.41) is 9.33. The van der Waals surface area contributed by atoms with Gasteiger partial charge in [-0.1, -0.05) is 12.1 Å². The fraction of sp³-hybridized carbons (Fsp3) is 0.286. The number of hydrogen-bond donors (Lipinski definition) is 1. The number of aliphatic hydroxyl groups is 1. The van der Waals surface area contributed by atoms with Crippen molar-refractivity contribution in [3.63, 3.8) is 0 Å². The third-order valence-corrected chi connectivity index (χ3v) is 3.33. The van der Waals surface area contributed by atoms with Crippen LogP contribution >= 0.6 is 0 Å². The molecule has 0 saturated heterocycles. The molecule has 0 bridgehead atoms. The fourth-order valence-corrected chi connectivity index (χ4v) is 2.52. The van der Waals surface area contributed by atoms with Gasteiger partial charge in [0, 0.05) is 6.04 Å². The number of rotatable bonds is 2. The van der Waals surface area contributed by atoms with Crippen LogP contribution in [0.2, 0.25) is 0 Å². The minimum atomic E-state index is -0.234. The Morgan fingerprint density at radius 3 is 2.58 bits per heavy atom. The monoisotopic (exact) mass is 257 g/mol. The van der Waals surface area contributed by atoms with E-state index in [4.69, 9.17) is 0 Å². The molecule has 19 heavy (non-hydrogen) atoms. The molecule has 98 valence electrons. The van der Waals surface area contributed by atoms with Gasteiger partial charge in [0.15, 0.2) is 0 Å². The highest BCUT2D eigenvalue weighted by molar-refractivity contribution is 5.79. The summed E-state index contributed by atoms with van der Waals surface area (Å²) in [5.41, 5.74) is 2.55. The van der Waals surface area contributed by atoms with E-state index in [1.54, 1.807) is 15.3 Å². The van der Waals surface area contributed by atoms with Gasteiger partial charge in [-0.05, 0) is 26.0 Å². The summed E-state index contributed by atoms with van der Waals surface area (Å²) in [6.45, 7) is 3.71. The van der Waals surface area contributed by atoms with Crippen LogP contribution in [0.1, 0.15) is 25.6 Å². The third kappa shape index (κ3) is 1.58. The SMILES string of the molecule is CC(C)n1c(=O)c2c(CO)ncn2c2ccccc21. The van der Waals surface area contributed by atoms with Gasteiger partial charge >= 0.3 is 0 Å². The van der Waals surface area contributed by atoms with Crippen LogP contribution in [0.25, 0.3) is 16.6 Å². The number of nitrogens with zero attached hydrogens (tertiary/aromatic N) is 3. The Hall–Kier alpha value is -2.14. The molecule has 0 atom stereocenters. The van der Waals surface area contributed by atoms with Crippen LogP contribution in [0, 0.1) is 0 Å². The van der Waals surface area contributed by atoms with Gasteiger partial charge < -0.3 is 9.67 Å². The number of para-hydroxylation sites is 2. The third-order valence-electron chi connectivity index (χ3n) is 3.33. The zero-order chi connectivity index (χ0) is 13.6. The Morgan fingerprint density at radius 2 is 1.95 bits per heavy atom. The summed E-state index contributed by atoms with van der Waals surface area (Å²) in [7, 11) is 0. The van der Waals surface area contributed by atoms with Crippen LogP contribution < -0.4 is 5.56 Å². The lowest BCUT2D eigenvalue weighted by Gasteiger charge is -2.15. The minimum Gasteiger partial charge on any atom is -0.390 e. The maximum absolute atomic E-state index is 12.6. The van der Waals surface area contributed by atoms with Crippen molar-refractivity contribution >= 4 is 16.6 Å². The molecule has 3 rings (SSSR count). The summed E-state index contributed by atoms with van der Waals surface area (Å²) in [6.07, 6.45) is 1.59. The number of imidazole rings is 1. The lowest BCUT2D eigenvalue weighted by atomic mass is 10.2. The van der Waals surface area contributed by atoms with Crippen LogP contribution in [0.15, 0.2) is 35.4 Å². The van der Waals surface area contributed by atoms with Crippen molar-refractivity contribution in [2.24, 2.45) is 0 Å². The van der Waals surface area contributed by atoms with Gasteiger partial charge in [0.1, 0.15) is 11.8 Å². The van der Waals surface area contributed by atoms with Crippen molar-refractivity contribution in [1.29, 1.82) is 0 Å². The van der Waals surface area contributed by atoms with E-state index in [-0.39, 0.29) is 18.2 Å². The zero-order valence-electron chi connectivity index (χ0n) is 10.9. The first kappa shape index (κ1) is 11.9. The molecule has 1 aromatic carbocycles. The smallest absolute Gasteiger partial charge is 0.277 e. The highest BCUT2D eigenvalue weighted by Crippen LogP contribution is 2.19. The minimum absolute atomic E-state index is 0.0452. The standard InChI is InChI=1S/C14H15N3O2/c1-9(2)17-12-6-4-3-5-11(12)16-8-15-10(7-18)13(16)14(17)19/h3-6,8-9,18H,7H2,1-2H3. The van der Waals surface area contributed by atoms with Crippen LogP contribution in [-0.2, 0) is 6.61 Å². The second-order valence-electron chi connectivity index (χ2n) is 4.83. The molecule has 0 saturated carbocycles. The quantitative estimate of drug-likeness (QED) is 0.760. The van der Waals surface area contributed by atoms with E-state index >= 15 is 0 Å². The van der Waals surface area contributed by atoms with Gasteiger partial charge in [-0.25, -0.2) is 4.98 Å². The van der Waals surface area contributed by atoms with Gasteiger partial charge in [0.2, 0.25) is 0 Å². The van der Waals surface area contributed by atoms with Crippen molar-refractivity contribution in [2.45, 2.75) is 26.5 Å². The average Bonchev–Trinajstić information content (AvgIpc) is 2.83. The predicted molar refractivity (Wildman–Crippen MR) is 73.3 cm³/mol. The largest absolute Gasteiger partial charge is 0.390 e. The molecule has 5 heteroatoms. The number of aliphatic hydroxyl groups excluding tert-OH is 1. The Kier molecular flexibility index (Phi) is 2.64.